The van der Waals surface area contributed by atoms with Gasteiger partial charge in [-0.2, -0.15) is 0 Å². The topological polar surface area (TPSA) is 66.8 Å². The maximum Gasteiger partial charge on any atom is 0.348 e. The van der Waals surface area contributed by atoms with Crippen LogP contribution in [0.15, 0.2) is 11.9 Å². The minimum atomic E-state index is -4.07. The third kappa shape index (κ3) is 3.42. The highest BCUT2D eigenvalue weighted by Crippen LogP contribution is 2.41. The minimum Gasteiger partial charge on any atom is -0.371 e. The summed E-state index contributed by atoms with van der Waals surface area (Å²) in [6.07, 6.45) is 1.47. The third-order valence-corrected chi connectivity index (χ3v) is 3.90. The first-order valence-electron chi connectivity index (χ1n) is 5.62. The lowest BCUT2D eigenvalue weighted by Crippen LogP contribution is -2.23. The summed E-state index contributed by atoms with van der Waals surface area (Å²) in [5, 5.41) is 0. The average molecular weight is 248 g/mol. The zero-order valence-corrected chi connectivity index (χ0v) is 11.1. The first-order valence-corrected chi connectivity index (χ1v) is 7.30. The molecule has 1 aliphatic heterocycles. The molecule has 0 aromatic rings. The Hall–Kier alpha value is -0.150. The predicted octanol–water partition coefficient (Wildman–Crippen LogP) is 2.37. The predicted molar refractivity (Wildman–Crippen MR) is 63.0 cm³/mol. The van der Waals surface area contributed by atoms with Crippen LogP contribution in [0.5, 0.6) is 0 Å². The normalized spacial score (nSPS) is 36.4. The van der Waals surface area contributed by atoms with Gasteiger partial charge in [0.25, 0.3) is 0 Å². The molecule has 94 valence electrons. The highest BCUT2D eigenvalue weighted by atomic mass is 31.2. The average Bonchev–Trinajstić information content (AvgIpc) is 2.38. The van der Waals surface area contributed by atoms with Crippen LogP contribution in [0.2, 0.25) is 0 Å². The molecule has 4 nitrogen and oxygen atoms in total. The van der Waals surface area contributed by atoms with Crippen LogP contribution >= 0.6 is 7.60 Å². The largest absolute Gasteiger partial charge is 0.371 e. The van der Waals surface area contributed by atoms with Gasteiger partial charge in [-0.15, -0.1) is 0 Å². The summed E-state index contributed by atoms with van der Waals surface area (Å²) in [5.41, 5.74) is 0. The first-order chi connectivity index (χ1) is 7.22. The molecule has 1 rings (SSSR count). The fourth-order valence-electron chi connectivity index (χ4n) is 2.43. The van der Waals surface area contributed by atoms with E-state index in [4.69, 9.17) is 14.5 Å². The maximum absolute atomic E-state index is 10.8. The van der Waals surface area contributed by atoms with Crippen molar-refractivity contribution >= 4 is 7.60 Å². The second kappa shape index (κ2) is 5.01. The number of ether oxygens (including phenoxy) is 1. The van der Waals surface area contributed by atoms with Crippen molar-refractivity contribution in [3.8, 4) is 0 Å². The van der Waals surface area contributed by atoms with E-state index in [0.717, 1.165) is 5.82 Å². The van der Waals surface area contributed by atoms with E-state index in [-0.39, 0.29) is 12.2 Å². The summed E-state index contributed by atoms with van der Waals surface area (Å²) in [6.45, 7) is 8.35. The molecule has 0 saturated carbocycles. The first kappa shape index (κ1) is 13.9. The van der Waals surface area contributed by atoms with Crippen LogP contribution < -0.4 is 0 Å². The summed E-state index contributed by atoms with van der Waals surface area (Å²) in [6, 6.07) is 0. The van der Waals surface area contributed by atoms with Crippen molar-refractivity contribution in [3.63, 3.8) is 0 Å². The summed E-state index contributed by atoms with van der Waals surface area (Å²) in [4.78, 5) is 17.6. The van der Waals surface area contributed by atoms with E-state index in [1.807, 2.05) is 6.92 Å². The molecule has 2 N–H and O–H groups in total. The molecule has 1 aliphatic rings. The Morgan fingerprint density at radius 3 is 2.31 bits per heavy atom. The molecular formula is C11H21O4P. The molecule has 0 amide bonds. The van der Waals surface area contributed by atoms with E-state index in [0.29, 0.717) is 17.8 Å². The zero-order valence-electron chi connectivity index (χ0n) is 10.2. The van der Waals surface area contributed by atoms with Crippen molar-refractivity contribution in [1.82, 2.24) is 0 Å². The van der Waals surface area contributed by atoms with Crippen LogP contribution in [0, 0.1) is 17.8 Å². The minimum absolute atomic E-state index is 0.138. The molecule has 1 heterocycles. The Morgan fingerprint density at radius 2 is 1.88 bits per heavy atom. The molecule has 5 heteroatoms. The Balaban J connectivity index is 2.80. The molecule has 0 aromatic carbocycles. The fourth-order valence-corrected chi connectivity index (χ4v) is 2.83. The van der Waals surface area contributed by atoms with Gasteiger partial charge in [0.1, 0.15) is 0 Å². The van der Waals surface area contributed by atoms with Crippen LogP contribution in [0.1, 0.15) is 27.7 Å². The van der Waals surface area contributed by atoms with Gasteiger partial charge in [0, 0.05) is 5.82 Å². The fraction of sp³-hybridized carbons (Fsp3) is 0.818. The molecule has 0 aliphatic carbocycles. The summed E-state index contributed by atoms with van der Waals surface area (Å²) in [7, 11) is -4.07. The molecular weight excluding hydrogens is 227 g/mol. The van der Waals surface area contributed by atoms with Gasteiger partial charge in [-0.25, -0.2) is 0 Å². The van der Waals surface area contributed by atoms with Gasteiger partial charge in [-0.3, -0.25) is 4.57 Å². The van der Waals surface area contributed by atoms with Gasteiger partial charge in [0.15, 0.2) is 0 Å². The third-order valence-electron chi connectivity index (χ3n) is 3.34. The number of rotatable bonds is 3. The van der Waals surface area contributed by atoms with Crippen LogP contribution in [0.3, 0.4) is 0 Å². The van der Waals surface area contributed by atoms with Gasteiger partial charge < -0.3 is 14.5 Å². The van der Waals surface area contributed by atoms with Crippen molar-refractivity contribution in [2.75, 3.05) is 0 Å². The van der Waals surface area contributed by atoms with E-state index in [9.17, 15) is 4.57 Å². The van der Waals surface area contributed by atoms with Gasteiger partial charge >= 0.3 is 7.60 Å². The van der Waals surface area contributed by atoms with Crippen molar-refractivity contribution in [2.24, 2.45) is 17.8 Å². The summed E-state index contributed by atoms with van der Waals surface area (Å²) >= 11 is 0. The highest BCUT2D eigenvalue weighted by molar-refractivity contribution is 7.55. The molecule has 0 aromatic heterocycles. The van der Waals surface area contributed by atoms with Gasteiger partial charge in [-0.05, 0) is 30.8 Å². The van der Waals surface area contributed by atoms with E-state index in [2.05, 4.69) is 20.8 Å². The number of hydrogen-bond donors (Lipinski definition) is 2. The van der Waals surface area contributed by atoms with E-state index in [1.165, 1.54) is 6.08 Å². The van der Waals surface area contributed by atoms with Crippen molar-refractivity contribution < 1.29 is 19.1 Å². The quantitative estimate of drug-likeness (QED) is 0.752. The highest BCUT2D eigenvalue weighted by Gasteiger charge is 2.39. The van der Waals surface area contributed by atoms with Crippen LogP contribution in [0.4, 0.5) is 0 Å². The Labute approximate surface area is 96.9 Å². The van der Waals surface area contributed by atoms with E-state index < -0.39 is 7.60 Å². The molecule has 16 heavy (non-hydrogen) atoms. The molecule has 1 fully saturated rings. The van der Waals surface area contributed by atoms with Crippen LogP contribution in [0.25, 0.3) is 0 Å². The standard InChI is InChI=1S/C11H21O4P/c1-7(2)11-8(3)9(4)15-10(11)5-6-16(12,13)14/h5-11H,1-4H3,(H2,12,13,14)/b6-5+. The summed E-state index contributed by atoms with van der Waals surface area (Å²) in [5.74, 6) is 2.12. The van der Waals surface area contributed by atoms with Gasteiger partial charge in [0.2, 0.25) is 0 Å². The lowest BCUT2D eigenvalue weighted by Gasteiger charge is -2.22. The molecule has 0 bridgehead atoms. The maximum atomic E-state index is 10.8. The second-order valence-corrected chi connectivity index (χ2v) is 6.39. The smallest absolute Gasteiger partial charge is 0.348 e. The molecule has 4 unspecified atom stereocenters. The molecule has 0 spiro atoms. The van der Waals surface area contributed by atoms with Crippen molar-refractivity contribution in [2.45, 2.75) is 39.9 Å². The Kier molecular flexibility index (Phi) is 4.35. The molecule has 0 radical (unpaired) electrons. The molecule has 4 atom stereocenters. The van der Waals surface area contributed by atoms with E-state index in [1.54, 1.807) is 0 Å². The Morgan fingerprint density at radius 1 is 1.31 bits per heavy atom. The Bertz CT molecular complexity index is 307. The van der Waals surface area contributed by atoms with E-state index >= 15 is 0 Å². The lowest BCUT2D eigenvalue weighted by atomic mass is 9.81. The van der Waals surface area contributed by atoms with Gasteiger partial charge in [0.05, 0.1) is 12.2 Å². The molecule has 1 saturated heterocycles. The van der Waals surface area contributed by atoms with Crippen molar-refractivity contribution in [1.29, 1.82) is 0 Å². The zero-order chi connectivity index (χ0) is 12.5. The van der Waals surface area contributed by atoms with Crippen molar-refractivity contribution in [3.05, 3.63) is 11.9 Å². The lowest BCUT2D eigenvalue weighted by molar-refractivity contribution is 0.0640. The van der Waals surface area contributed by atoms with Crippen LogP contribution in [-0.4, -0.2) is 22.0 Å². The number of hydrogen-bond acceptors (Lipinski definition) is 2. The second-order valence-electron chi connectivity index (χ2n) is 4.92. The summed E-state index contributed by atoms with van der Waals surface area (Å²) < 4.78 is 16.5. The van der Waals surface area contributed by atoms with Gasteiger partial charge in [-0.1, -0.05) is 20.8 Å². The van der Waals surface area contributed by atoms with Crippen LogP contribution in [-0.2, 0) is 9.30 Å². The SMILES string of the molecule is CC(C)C1C(/C=C/P(=O)(O)O)OC(C)C1C. The monoisotopic (exact) mass is 248 g/mol.